The van der Waals surface area contributed by atoms with Crippen molar-refractivity contribution < 1.29 is 14.6 Å². The van der Waals surface area contributed by atoms with Crippen LogP contribution in [0.1, 0.15) is 32.3 Å². The highest BCUT2D eigenvalue weighted by Gasteiger charge is 2.31. The largest absolute Gasteiger partial charge is 0.494 e. The highest BCUT2D eigenvalue weighted by atomic mass is 16.5. The van der Waals surface area contributed by atoms with E-state index in [1.54, 1.807) is 6.92 Å². The first-order valence-corrected chi connectivity index (χ1v) is 6.66. The number of rotatable bonds is 8. The zero-order valence-corrected chi connectivity index (χ0v) is 11.9. The molecule has 0 aliphatic heterocycles. The van der Waals surface area contributed by atoms with Crippen LogP contribution in [-0.2, 0) is 4.79 Å². The first-order chi connectivity index (χ1) is 8.98. The molecule has 0 heterocycles. The average Bonchev–Trinajstić information content (AvgIpc) is 2.37. The van der Waals surface area contributed by atoms with Gasteiger partial charge in [0.2, 0.25) is 0 Å². The smallest absolute Gasteiger partial charge is 0.323 e. The highest BCUT2D eigenvalue weighted by molar-refractivity contribution is 5.78. The molecule has 0 spiro atoms. The molecule has 1 atom stereocenters. The van der Waals surface area contributed by atoms with E-state index < -0.39 is 11.5 Å². The van der Waals surface area contributed by atoms with Crippen molar-refractivity contribution in [1.82, 2.24) is 5.32 Å². The minimum Gasteiger partial charge on any atom is -0.494 e. The number of aliphatic carboxylic acids is 1. The van der Waals surface area contributed by atoms with Crippen LogP contribution in [0.2, 0.25) is 0 Å². The average molecular weight is 265 g/mol. The Hall–Kier alpha value is -1.55. The van der Waals surface area contributed by atoms with Gasteiger partial charge in [0.15, 0.2) is 0 Å². The summed E-state index contributed by atoms with van der Waals surface area (Å²) >= 11 is 0. The molecule has 0 saturated carbocycles. The van der Waals surface area contributed by atoms with Gasteiger partial charge in [-0.2, -0.15) is 0 Å². The van der Waals surface area contributed by atoms with Crippen molar-refractivity contribution in [3.63, 3.8) is 0 Å². The Kier molecular flexibility index (Phi) is 5.83. The summed E-state index contributed by atoms with van der Waals surface area (Å²) in [6, 6.07) is 7.84. The molecule has 0 fully saturated rings. The van der Waals surface area contributed by atoms with Crippen LogP contribution in [0.15, 0.2) is 24.3 Å². The van der Waals surface area contributed by atoms with Crippen molar-refractivity contribution in [2.45, 2.75) is 39.2 Å². The standard InChI is InChI=1S/C15H23NO3/c1-4-16-15(3,14(17)18)10-5-11-19-13-8-6-12(2)7-9-13/h6-9,16H,4-5,10-11H2,1-3H3,(H,17,18). The predicted molar refractivity (Wildman–Crippen MR) is 75.6 cm³/mol. The van der Waals surface area contributed by atoms with Crippen molar-refractivity contribution in [3.8, 4) is 5.75 Å². The lowest BCUT2D eigenvalue weighted by Crippen LogP contribution is -2.49. The molecule has 0 aliphatic rings. The molecule has 2 N–H and O–H groups in total. The third-order valence-corrected chi connectivity index (χ3v) is 3.15. The molecule has 4 heteroatoms. The van der Waals surface area contributed by atoms with E-state index >= 15 is 0 Å². The fourth-order valence-corrected chi connectivity index (χ4v) is 1.91. The Morgan fingerprint density at radius 2 is 2.00 bits per heavy atom. The third kappa shape index (κ3) is 4.91. The molecule has 1 unspecified atom stereocenters. The Balaban J connectivity index is 2.36. The number of ether oxygens (including phenoxy) is 1. The number of carbonyl (C=O) groups is 1. The lowest BCUT2D eigenvalue weighted by molar-refractivity contribution is -0.144. The zero-order chi connectivity index (χ0) is 14.3. The molecular formula is C15H23NO3. The second-order valence-electron chi connectivity index (χ2n) is 4.93. The summed E-state index contributed by atoms with van der Waals surface area (Å²) in [7, 11) is 0. The van der Waals surface area contributed by atoms with Crippen LogP contribution >= 0.6 is 0 Å². The van der Waals surface area contributed by atoms with Gasteiger partial charge in [0.1, 0.15) is 11.3 Å². The predicted octanol–water partition coefficient (Wildman–Crippen LogP) is 2.61. The van der Waals surface area contributed by atoms with E-state index in [0.29, 0.717) is 26.0 Å². The van der Waals surface area contributed by atoms with Crippen LogP contribution < -0.4 is 10.1 Å². The molecular weight excluding hydrogens is 242 g/mol. The minimum atomic E-state index is -0.870. The normalized spacial score (nSPS) is 13.8. The molecule has 106 valence electrons. The summed E-state index contributed by atoms with van der Waals surface area (Å²) in [5, 5.41) is 12.2. The summed E-state index contributed by atoms with van der Waals surface area (Å²) in [6.45, 7) is 6.81. The fourth-order valence-electron chi connectivity index (χ4n) is 1.91. The molecule has 1 aromatic carbocycles. The third-order valence-electron chi connectivity index (χ3n) is 3.15. The van der Waals surface area contributed by atoms with Gasteiger partial charge in [-0.3, -0.25) is 4.79 Å². The Morgan fingerprint density at radius 1 is 1.37 bits per heavy atom. The van der Waals surface area contributed by atoms with E-state index in [-0.39, 0.29) is 0 Å². The molecule has 0 amide bonds. The van der Waals surface area contributed by atoms with Crippen molar-refractivity contribution in [2.75, 3.05) is 13.2 Å². The summed E-state index contributed by atoms with van der Waals surface area (Å²) in [6.07, 6.45) is 1.24. The zero-order valence-electron chi connectivity index (χ0n) is 11.9. The molecule has 1 rings (SSSR count). The first-order valence-electron chi connectivity index (χ1n) is 6.66. The second-order valence-corrected chi connectivity index (χ2v) is 4.93. The molecule has 0 aromatic heterocycles. The van der Waals surface area contributed by atoms with Crippen molar-refractivity contribution >= 4 is 5.97 Å². The quantitative estimate of drug-likeness (QED) is 0.709. The molecule has 4 nitrogen and oxygen atoms in total. The van der Waals surface area contributed by atoms with Gasteiger partial charge < -0.3 is 15.2 Å². The Labute approximate surface area is 114 Å². The first kappa shape index (κ1) is 15.5. The van der Waals surface area contributed by atoms with Crippen molar-refractivity contribution in [2.24, 2.45) is 0 Å². The van der Waals surface area contributed by atoms with Crippen LogP contribution in [0.4, 0.5) is 0 Å². The Bertz CT molecular complexity index is 402. The van der Waals surface area contributed by atoms with Gasteiger partial charge >= 0.3 is 5.97 Å². The van der Waals surface area contributed by atoms with Crippen LogP contribution in [-0.4, -0.2) is 29.8 Å². The van der Waals surface area contributed by atoms with E-state index in [1.165, 1.54) is 5.56 Å². The van der Waals surface area contributed by atoms with Crippen LogP contribution in [0.3, 0.4) is 0 Å². The van der Waals surface area contributed by atoms with Gasteiger partial charge in [-0.05, 0) is 45.4 Å². The number of hydrogen-bond donors (Lipinski definition) is 2. The van der Waals surface area contributed by atoms with Crippen LogP contribution in [0.25, 0.3) is 0 Å². The molecule has 19 heavy (non-hydrogen) atoms. The van der Waals surface area contributed by atoms with E-state index in [0.717, 1.165) is 5.75 Å². The van der Waals surface area contributed by atoms with Gasteiger partial charge in [0.25, 0.3) is 0 Å². The van der Waals surface area contributed by atoms with Gasteiger partial charge in [-0.15, -0.1) is 0 Å². The summed E-state index contributed by atoms with van der Waals surface area (Å²) in [5.74, 6) is 0.00997. The number of carboxylic acid groups (broad SMARTS) is 1. The summed E-state index contributed by atoms with van der Waals surface area (Å²) in [5.41, 5.74) is 0.323. The molecule has 0 aliphatic carbocycles. The summed E-state index contributed by atoms with van der Waals surface area (Å²) < 4.78 is 5.59. The number of nitrogens with one attached hydrogen (secondary N) is 1. The molecule has 0 bridgehead atoms. The molecule has 0 saturated heterocycles. The van der Waals surface area contributed by atoms with Crippen molar-refractivity contribution in [1.29, 1.82) is 0 Å². The van der Waals surface area contributed by atoms with Crippen molar-refractivity contribution in [3.05, 3.63) is 29.8 Å². The maximum absolute atomic E-state index is 11.2. The van der Waals surface area contributed by atoms with Gasteiger partial charge in [0, 0.05) is 0 Å². The SMILES string of the molecule is CCNC(C)(CCCOc1ccc(C)cc1)C(=O)O. The summed E-state index contributed by atoms with van der Waals surface area (Å²) in [4.78, 5) is 11.2. The highest BCUT2D eigenvalue weighted by Crippen LogP contribution is 2.15. The lowest BCUT2D eigenvalue weighted by Gasteiger charge is -2.25. The number of aryl methyl sites for hydroxylation is 1. The number of hydrogen-bond acceptors (Lipinski definition) is 3. The van der Waals surface area contributed by atoms with Gasteiger partial charge in [0.05, 0.1) is 6.61 Å². The fraction of sp³-hybridized carbons (Fsp3) is 0.533. The number of benzene rings is 1. The Morgan fingerprint density at radius 3 is 2.53 bits per heavy atom. The maximum Gasteiger partial charge on any atom is 0.323 e. The monoisotopic (exact) mass is 265 g/mol. The van der Waals surface area contributed by atoms with E-state index in [1.807, 2.05) is 38.1 Å². The minimum absolute atomic E-state index is 0.525. The van der Waals surface area contributed by atoms with E-state index in [4.69, 9.17) is 4.74 Å². The van der Waals surface area contributed by atoms with Crippen LogP contribution in [0, 0.1) is 6.92 Å². The lowest BCUT2D eigenvalue weighted by atomic mass is 9.96. The number of likely N-dealkylation sites (N-methyl/N-ethyl adjacent to an activating group) is 1. The van der Waals surface area contributed by atoms with E-state index in [2.05, 4.69) is 5.32 Å². The van der Waals surface area contributed by atoms with E-state index in [9.17, 15) is 9.90 Å². The van der Waals surface area contributed by atoms with Crippen LogP contribution in [0.5, 0.6) is 5.75 Å². The van der Waals surface area contributed by atoms with Gasteiger partial charge in [-0.25, -0.2) is 0 Å². The second kappa shape index (κ2) is 7.14. The molecule has 0 radical (unpaired) electrons. The topological polar surface area (TPSA) is 58.6 Å². The maximum atomic E-state index is 11.2. The molecule has 1 aromatic rings. The van der Waals surface area contributed by atoms with Gasteiger partial charge in [-0.1, -0.05) is 24.6 Å². The number of carboxylic acids is 1.